The molecule has 0 amide bonds. The quantitative estimate of drug-likeness (QED) is 0.119. The lowest BCUT2D eigenvalue weighted by Gasteiger charge is -2.33. The molecule has 340 valence electrons. The number of aryl methyl sites for hydroxylation is 4. The van der Waals surface area contributed by atoms with Gasteiger partial charge in [0, 0.05) is 110 Å². The second kappa shape index (κ2) is 19.2. The lowest BCUT2D eigenvalue weighted by molar-refractivity contribution is -0.0161. The van der Waals surface area contributed by atoms with Gasteiger partial charge in [-0.05, 0) is 61.8 Å². The van der Waals surface area contributed by atoms with Crippen molar-refractivity contribution < 1.29 is 20.1 Å². The second-order valence-electron chi connectivity index (χ2n) is 17.1. The van der Waals surface area contributed by atoms with Crippen LogP contribution in [0, 0.1) is 0 Å². The Hall–Kier alpha value is -7.12. The molecule has 2 fully saturated rings. The van der Waals surface area contributed by atoms with E-state index in [-0.39, 0.29) is 12.1 Å². The molecule has 6 aromatic heterocycles. The summed E-state index contributed by atoms with van der Waals surface area (Å²) in [7, 11) is 7.50. The minimum Gasteiger partial charge on any atom is -0.471 e. The predicted molar refractivity (Wildman–Crippen MR) is 249 cm³/mol. The zero-order valence-electron chi connectivity index (χ0n) is 37.3. The summed E-state index contributed by atoms with van der Waals surface area (Å²) in [5.41, 5.74) is 15.1. The average Bonchev–Trinajstić information content (AvgIpc) is 4.16. The Kier molecular flexibility index (Phi) is 12.8. The molecule has 8 aromatic rings. The van der Waals surface area contributed by atoms with Gasteiger partial charge >= 0.3 is 0 Å². The molecule has 6 heterocycles. The zero-order chi connectivity index (χ0) is 45.9. The number of ether oxygens (including phenoxy) is 1. The van der Waals surface area contributed by atoms with Crippen LogP contribution < -0.4 is 15.8 Å². The molecule has 10 rings (SSSR count). The number of hydrogen-bond donors (Lipinski definition) is 5. The van der Waals surface area contributed by atoms with Crippen LogP contribution in [0.15, 0.2) is 110 Å². The van der Waals surface area contributed by atoms with Gasteiger partial charge in [0.1, 0.15) is 18.0 Å². The highest BCUT2D eigenvalue weighted by atomic mass is 16.5. The molecule has 2 aliphatic rings. The first-order valence-electron chi connectivity index (χ1n) is 22.1. The molecule has 0 aliphatic heterocycles. The molecule has 18 heteroatoms. The van der Waals surface area contributed by atoms with Crippen LogP contribution in [-0.4, -0.2) is 111 Å². The number of rotatable bonds is 10. The molecular weight excluding hydrogens is 837 g/mol. The van der Waals surface area contributed by atoms with Gasteiger partial charge in [0.15, 0.2) is 11.6 Å². The first-order chi connectivity index (χ1) is 31.9. The van der Waals surface area contributed by atoms with Crippen LogP contribution >= 0.6 is 0 Å². The van der Waals surface area contributed by atoms with E-state index >= 15 is 0 Å². The highest BCUT2D eigenvalue weighted by Crippen LogP contribution is 2.35. The number of aliphatic hydroxyl groups excluding tert-OH is 3. The number of anilines is 1. The summed E-state index contributed by atoms with van der Waals surface area (Å²) >= 11 is 0. The van der Waals surface area contributed by atoms with Crippen molar-refractivity contribution in [2.75, 3.05) is 5.32 Å². The first kappa shape index (κ1) is 44.1. The summed E-state index contributed by atoms with van der Waals surface area (Å²) in [6.45, 7) is 0. The molecule has 66 heavy (non-hydrogen) atoms. The smallest absolute Gasteiger partial charge is 0.225 e. The third kappa shape index (κ3) is 9.76. The minimum absolute atomic E-state index is 0.298. The molecule has 2 aliphatic carbocycles. The standard InChI is InChI=1S/2C24H27N7O2/c1-30-13-17(10-27-30)15-5-3-6-16(9-15)23-26-12-19(18-11-28-31(2)14-18)24(29-23)33-21-8-4-7-20(25)22(21)32;1-30-13-17(10-26-30)15-5-3-6-16(9-15)23-25-12-19(18-11-27-31(2)14-18)24(29-23)28-20-7-4-8-21(32)22(20)33/h3,5-6,9-14,20-22,32H,4,7-8,25H2,1-2H3;3,5-6,9-14,20-22,32-33H,4,7-8H2,1-2H3,(H,25,28,29)/t2*20-,21-,22+/m11/s1. The Bertz CT molecular complexity index is 2730. The highest BCUT2D eigenvalue weighted by molar-refractivity contribution is 5.77. The van der Waals surface area contributed by atoms with Crippen molar-refractivity contribution in [2.45, 2.75) is 75.0 Å². The van der Waals surface area contributed by atoms with Gasteiger partial charge in [0.2, 0.25) is 5.88 Å². The van der Waals surface area contributed by atoms with Crippen LogP contribution in [0.3, 0.4) is 0 Å². The molecule has 0 radical (unpaired) electrons. The predicted octanol–water partition coefficient (Wildman–Crippen LogP) is 5.19. The Morgan fingerprint density at radius 2 is 1.06 bits per heavy atom. The molecule has 0 bridgehead atoms. The summed E-state index contributed by atoms with van der Waals surface area (Å²) in [4.78, 5) is 18.9. The molecule has 6 N–H and O–H groups in total. The zero-order valence-corrected chi connectivity index (χ0v) is 37.3. The first-order valence-corrected chi connectivity index (χ1v) is 22.1. The van der Waals surface area contributed by atoms with Crippen LogP contribution in [0.2, 0.25) is 0 Å². The number of nitrogens with one attached hydrogen (secondary N) is 1. The van der Waals surface area contributed by atoms with Gasteiger partial charge in [-0.1, -0.05) is 36.4 Å². The van der Waals surface area contributed by atoms with Crippen molar-refractivity contribution in [3.63, 3.8) is 0 Å². The van der Waals surface area contributed by atoms with E-state index in [1.807, 2.05) is 114 Å². The Morgan fingerprint density at radius 1 is 0.561 bits per heavy atom. The lowest BCUT2D eigenvalue weighted by atomic mass is 9.90. The van der Waals surface area contributed by atoms with Crippen LogP contribution in [0.5, 0.6) is 5.88 Å². The number of nitrogens with two attached hydrogens (primary N) is 1. The van der Waals surface area contributed by atoms with Gasteiger partial charge in [0.25, 0.3) is 0 Å². The van der Waals surface area contributed by atoms with Crippen molar-refractivity contribution in [2.24, 2.45) is 33.9 Å². The van der Waals surface area contributed by atoms with Crippen molar-refractivity contribution in [1.82, 2.24) is 59.1 Å². The van der Waals surface area contributed by atoms with Crippen LogP contribution in [0.25, 0.3) is 67.3 Å². The fraction of sp³-hybridized carbons (Fsp3) is 0.333. The van der Waals surface area contributed by atoms with Gasteiger partial charge in [0.05, 0.1) is 48.6 Å². The minimum atomic E-state index is -0.854. The van der Waals surface area contributed by atoms with Crippen molar-refractivity contribution in [1.29, 1.82) is 0 Å². The number of hydrogen-bond acceptors (Lipinski definition) is 14. The fourth-order valence-corrected chi connectivity index (χ4v) is 8.51. The SMILES string of the molecule is Cn1cc(-c2cccc(-c3ncc(-c4cnn(C)c4)c(N[C@@H]4CCC[C@@H](O)[C@H]4O)n3)c2)cn1.Cn1cc(-c2cccc(-c3ncc(-c4cnn(C)c4)c(O[C@@H]4CCC[C@@H](N)[C@@H]4O)n3)c2)cn1. The lowest BCUT2D eigenvalue weighted by Crippen LogP contribution is -2.48. The van der Waals surface area contributed by atoms with E-state index in [9.17, 15) is 15.3 Å². The molecule has 2 aromatic carbocycles. The van der Waals surface area contributed by atoms with E-state index in [1.165, 1.54) is 0 Å². The molecule has 6 atom stereocenters. The van der Waals surface area contributed by atoms with Gasteiger partial charge in [-0.15, -0.1) is 0 Å². The maximum absolute atomic E-state index is 10.6. The van der Waals surface area contributed by atoms with Crippen molar-refractivity contribution in [3.05, 3.63) is 110 Å². The molecule has 18 nitrogen and oxygen atoms in total. The van der Waals surface area contributed by atoms with Crippen LogP contribution in [0.4, 0.5) is 5.82 Å². The van der Waals surface area contributed by atoms with E-state index in [1.54, 1.807) is 43.5 Å². The summed E-state index contributed by atoms with van der Waals surface area (Å²) in [6.07, 6.45) is 20.2. The summed E-state index contributed by atoms with van der Waals surface area (Å²) in [5.74, 6) is 2.13. The molecule has 2 saturated carbocycles. The molecular formula is C48H54N14O4. The van der Waals surface area contributed by atoms with Crippen molar-refractivity contribution in [3.8, 4) is 73.2 Å². The number of aromatic nitrogens is 12. The fourth-order valence-electron chi connectivity index (χ4n) is 8.51. The Balaban J connectivity index is 0.000000166. The summed E-state index contributed by atoms with van der Waals surface area (Å²) in [6, 6.07) is 15.4. The van der Waals surface area contributed by atoms with E-state index < -0.39 is 24.4 Å². The van der Waals surface area contributed by atoms with Crippen LogP contribution in [-0.2, 0) is 28.2 Å². The number of benzene rings is 2. The topological polar surface area (TPSA) is 231 Å². The third-order valence-electron chi connectivity index (χ3n) is 12.1. The normalized spacial score (nSPS) is 20.7. The number of aliphatic hydroxyl groups is 3. The van der Waals surface area contributed by atoms with E-state index in [2.05, 4.69) is 35.7 Å². The largest absolute Gasteiger partial charge is 0.471 e. The molecule has 0 unspecified atom stereocenters. The van der Waals surface area contributed by atoms with Gasteiger partial charge in [-0.3, -0.25) is 18.7 Å². The van der Waals surface area contributed by atoms with E-state index in [0.717, 1.165) is 87.7 Å². The third-order valence-corrected chi connectivity index (χ3v) is 12.1. The summed E-state index contributed by atoms with van der Waals surface area (Å²) < 4.78 is 13.3. The highest BCUT2D eigenvalue weighted by Gasteiger charge is 2.33. The molecule has 0 spiro atoms. The average molecular weight is 891 g/mol. The summed E-state index contributed by atoms with van der Waals surface area (Å²) in [5, 5.41) is 51.7. The monoisotopic (exact) mass is 890 g/mol. The van der Waals surface area contributed by atoms with Crippen molar-refractivity contribution >= 4 is 5.82 Å². The van der Waals surface area contributed by atoms with Gasteiger partial charge < -0.3 is 31.1 Å². The van der Waals surface area contributed by atoms with E-state index in [0.29, 0.717) is 29.8 Å². The Labute approximate surface area is 381 Å². The van der Waals surface area contributed by atoms with Gasteiger partial charge in [-0.25, -0.2) is 15.0 Å². The van der Waals surface area contributed by atoms with E-state index in [4.69, 9.17) is 20.4 Å². The molecule has 0 saturated heterocycles. The maximum atomic E-state index is 10.6. The number of nitrogens with zero attached hydrogens (tertiary/aromatic N) is 12. The second-order valence-corrected chi connectivity index (χ2v) is 17.1. The maximum Gasteiger partial charge on any atom is 0.225 e. The Morgan fingerprint density at radius 3 is 1.62 bits per heavy atom. The van der Waals surface area contributed by atoms with Gasteiger partial charge in [-0.2, -0.15) is 25.4 Å². The van der Waals surface area contributed by atoms with Crippen LogP contribution in [0.1, 0.15) is 38.5 Å².